The van der Waals surface area contributed by atoms with Crippen molar-refractivity contribution < 1.29 is 8.76 Å². The molecule has 0 amide bonds. The molecule has 10 heavy (non-hydrogen) atoms. The van der Waals surface area contributed by atoms with Gasteiger partial charge >= 0.3 is 0 Å². The van der Waals surface area contributed by atoms with E-state index in [1.165, 1.54) is 6.08 Å². The summed E-state index contributed by atoms with van der Waals surface area (Å²) in [6.07, 6.45) is 5.44. The van der Waals surface area contributed by atoms with Crippen LogP contribution in [0.1, 0.15) is 6.42 Å². The van der Waals surface area contributed by atoms with E-state index in [0.29, 0.717) is 11.3 Å². The van der Waals surface area contributed by atoms with Gasteiger partial charge in [0.25, 0.3) is 0 Å². The summed E-state index contributed by atoms with van der Waals surface area (Å²) in [5.74, 6) is 0. The molecule has 0 aromatic rings. The van der Waals surface area contributed by atoms with Crippen molar-refractivity contribution in [3.63, 3.8) is 0 Å². The summed E-state index contributed by atoms with van der Waals surface area (Å²) >= 11 is -2.10. The predicted molar refractivity (Wildman–Crippen MR) is 38.7 cm³/mol. The van der Waals surface area contributed by atoms with Gasteiger partial charge in [-0.05, 0) is 23.6 Å². The average Bonchev–Trinajstić information content (AvgIpc) is 1.88. The van der Waals surface area contributed by atoms with Gasteiger partial charge in [-0.25, -0.2) is 0 Å². The Hall–Kier alpha value is -0.450. The molecule has 56 valence electrons. The van der Waals surface area contributed by atoms with Crippen molar-refractivity contribution in [2.75, 3.05) is 0 Å². The quantitative estimate of drug-likeness (QED) is 0.548. The van der Waals surface area contributed by atoms with E-state index in [1.807, 2.05) is 0 Å². The molecule has 0 spiro atoms. The molecule has 1 aliphatic rings. The summed E-state index contributed by atoms with van der Waals surface area (Å²) in [5.41, 5.74) is 5.46. The second-order valence-electron chi connectivity index (χ2n) is 2.10. The lowest BCUT2D eigenvalue weighted by molar-refractivity contribution is 0.544. The lowest BCUT2D eigenvalue weighted by atomic mass is 10.1. The number of allylic oxidation sites excluding steroid dienone is 1. The van der Waals surface area contributed by atoms with Crippen LogP contribution in [0, 0.1) is 0 Å². The van der Waals surface area contributed by atoms with Gasteiger partial charge in [-0.15, -0.1) is 0 Å². The molecule has 1 aliphatic carbocycles. The fraction of sp³-hybridized carbons (Fsp3) is 0.333. The average molecular weight is 158 g/mol. The van der Waals surface area contributed by atoms with Crippen molar-refractivity contribution in [1.82, 2.24) is 0 Å². The summed E-state index contributed by atoms with van der Waals surface area (Å²) in [7, 11) is 0. The lowest BCUT2D eigenvalue weighted by Crippen LogP contribution is -2.18. The van der Waals surface area contributed by atoms with Crippen LogP contribution >= 0.6 is 0 Å². The first-order valence-corrected chi connectivity index (χ1v) is 4.01. The van der Waals surface area contributed by atoms with Gasteiger partial charge in [0.15, 0.2) is 0 Å². The third kappa shape index (κ3) is 1.76. The van der Waals surface area contributed by atoms with E-state index < -0.39 is 11.1 Å². The van der Waals surface area contributed by atoms with Crippen molar-refractivity contribution in [2.45, 2.75) is 12.5 Å². The molecular formula is C6H8NO2S-. The first-order chi connectivity index (χ1) is 4.70. The second kappa shape index (κ2) is 3.09. The molecule has 2 N–H and O–H groups in total. The monoisotopic (exact) mass is 158 g/mol. The van der Waals surface area contributed by atoms with E-state index in [2.05, 4.69) is 0 Å². The minimum Gasteiger partial charge on any atom is -0.768 e. The highest BCUT2D eigenvalue weighted by molar-refractivity contribution is 7.83. The predicted octanol–water partition coefficient (Wildman–Crippen LogP) is 0.0366. The van der Waals surface area contributed by atoms with Gasteiger partial charge in [-0.1, -0.05) is 12.2 Å². The molecular weight excluding hydrogens is 150 g/mol. The van der Waals surface area contributed by atoms with Crippen molar-refractivity contribution in [3.8, 4) is 0 Å². The fourth-order valence-electron chi connectivity index (χ4n) is 0.741. The van der Waals surface area contributed by atoms with Gasteiger partial charge in [0.1, 0.15) is 0 Å². The molecule has 0 saturated heterocycles. The minimum atomic E-state index is -2.10. The van der Waals surface area contributed by atoms with Crippen LogP contribution < -0.4 is 5.73 Å². The molecule has 0 bridgehead atoms. The molecule has 0 saturated carbocycles. The Balaban J connectivity index is 2.67. The largest absolute Gasteiger partial charge is 0.768 e. The molecule has 0 aliphatic heterocycles. The van der Waals surface area contributed by atoms with Crippen LogP contribution in [0.3, 0.4) is 0 Å². The van der Waals surface area contributed by atoms with Crippen molar-refractivity contribution >= 4 is 11.1 Å². The molecule has 0 aromatic carbocycles. The third-order valence-corrected chi connectivity index (χ3v) is 1.98. The molecule has 0 fully saturated rings. The summed E-state index contributed by atoms with van der Waals surface area (Å²) < 4.78 is 20.6. The van der Waals surface area contributed by atoms with Gasteiger partial charge in [0.05, 0.1) is 0 Å². The number of rotatable bonds is 1. The van der Waals surface area contributed by atoms with Gasteiger partial charge in [0, 0.05) is 10.9 Å². The number of hydrogen-bond donors (Lipinski definition) is 1. The first kappa shape index (κ1) is 7.65. The molecule has 0 radical (unpaired) electrons. The Bertz CT molecular complexity index is 210. The SMILES string of the molecule is NC1C=CC(S(=O)[O-])=CC1. The van der Waals surface area contributed by atoms with Gasteiger partial charge in [-0.3, -0.25) is 4.21 Å². The van der Waals surface area contributed by atoms with Gasteiger partial charge in [0.2, 0.25) is 0 Å². The zero-order valence-electron chi connectivity index (χ0n) is 5.32. The third-order valence-electron chi connectivity index (χ3n) is 1.29. The smallest absolute Gasteiger partial charge is 0.0262 e. The highest BCUT2D eigenvalue weighted by Gasteiger charge is 2.02. The lowest BCUT2D eigenvalue weighted by Gasteiger charge is -2.12. The zero-order valence-corrected chi connectivity index (χ0v) is 6.14. The molecule has 2 atom stereocenters. The van der Waals surface area contributed by atoms with Crippen LogP contribution in [0.15, 0.2) is 23.1 Å². The van der Waals surface area contributed by atoms with E-state index in [9.17, 15) is 8.76 Å². The normalized spacial score (nSPS) is 27.8. The maximum absolute atomic E-state index is 10.3. The Labute approximate surface area is 61.9 Å². The van der Waals surface area contributed by atoms with E-state index in [0.717, 1.165) is 0 Å². The van der Waals surface area contributed by atoms with E-state index in [1.54, 1.807) is 12.2 Å². The summed E-state index contributed by atoms with van der Waals surface area (Å²) in [4.78, 5) is 0.335. The molecule has 3 nitrogen and oxygen atoms in total. The van der Waals surface area contributed by atoms with E-state index in [4.69, 9.17) is 5.73 Å². The Morgan fingerprint density at radius 3 is 2.90 bits per heavy atom. The molecule has 2 unspecified atom stereocenters. The minimum absolute atomic E-state index is 0.0210. The maximum atomic E-state index is 10.3. The standard InChI is InChI=1S/C6H9NO2S/c7-5-1-3-6(4-2-5)10(8)9/h1,3-5H,2,7H2,(H,8,9)/p-1. The van der Waals surface area contributed by atoms with Crippen LogP contribution in [0.4, 0.5) is 0 Å². The van der Waals surface area contributed by atoms with Crippen molar-refractivity contribution in [3.05, 3.63) is 23.1 Å². The van der Waals surface area contributed by atoms with Crippen LogP contribution in [0.2, 0.25) is 0 Å². The second-order valence-corrected chi connectivity index (χ2v) is 3.04. The summed E-state index contributed by atoms with van der Waals surface area (Å²) in [6, 6.07) is -0.0210. The van der Waals surface area contributed by atoms with Crippen LogP contribution in [-0.4, -0.2) is 14.8 Å². The first-order valence-electron chi connectivity index (χ1n) is 2.93. The highest BCUT2D eigenvalue weighted by atomic mass is 32.2. The maximum Gasteiger partial charge on any atom is 0.0262 e. The van der Waals surface area contributed by atoms with Crippen LogP contribution in [0.25, 0.3) is 0 Å². The van der Waals surface area contributed by atoms with E-state index >= 15 is 0 Å². The zero-order chi connectivity index (χ0) is 7.56. The van der Waals surface area contributed by atoms with Gasteiger partial charge in [-0.2, -0.15) is 0 Å². The van der Waals surface area contributed by atoms with Crippen molar-refractivity contribution in [1.29, 1.82) is 0 Å². The molecule has 0 aromatic heterocycles. The molecule has 4 heteroatoms. The number of hydrogen-bond acceptors (Lipinski definition) is 3. The fourth-order valence-corrected chi connectivity index (χ4v) is 1.16. The summed E-state index contributed by atoms with van der Waals surface area (Å²) in [6.45, 7) is 0. The Morgan fingerprint density at radius 1 is 1.80 bits per heavy atom. The van der Waals surface area contributed by atoms with Gasteiger partial charge < -0.3 is 10.3 Å². The van der Waals surface area contributed by atoms with Crippen LogP contribution in [0.5, 0.6) is 0 Å². The Kier molecular flexibility index (Phi) is 2.37. The highest BCUT2D eigenvalue weighted by Crippen LogP contribution is 2.10. The van der Waals surface area contributed by atoms with E-state index in [-0.39, 0.29) is 6.04 Å². The topological polar surface area (TPSA) is 66.2 Å². The molecule has 0 heterocycles. The van der Waals surface area contributed by atoms with Crippen molar-refractivity contribution in [2.24, 2.45) is 5.73 Å². The Morgan fingerprint density at radius 2 is 2.50 bits per heavy atom. The molecule has 1 rings (SSSR count). The van der Waals surface area contributed by atoms with Crippen LogP contribution in [-0.2, 0) is 11.1 Å². The number of nitrogens with two attached hydrogens (primary N) is 1. The summed E-state index contributed by atoms with van der Waals surface area (Å²) in [5, 5.41) is 0.